The van der Waals surface area contributed by atoms with Crippen LogP contribution >= 0.6 is 0 Å². The fourth-order valence-corrected chi connectivity index (χ4v) is 1.29. The van der Waals surface area contributed by atoms with E-state index in [1.165, 1.54) is 13.0 Å². The smallest absolute Gasteiger partial charge is 0.222 e. The molecule has 0 saturated carbocycles. The van der Waals surface area contributed by atoms with Gasteiger partial charge in [0.25, 0.3) is 0 Å². The van der Waals surface area contributed by atoms with E-state index in [2.05, 4.69) is 15.5 Å². The van der Waals surface area contributed by atoms with E-state index in [0.717, 1.165) is 0 Å². The number of hydrogen-bond acceptors (Lipinski definition) is 2. The lowest BCUT2D eigenvalue weighted by Gasteiger charge is -1.97. The van der Waals surface area contributed by atoms with Crippen LogP contribution < -0.4 is 5.32 Å². The van der Waals surface area contributed by atoms with E-state index in [1.54, 1.807) is 12.1 Å². The molecule has 0 saturated heterocycles. The van der Waals surface area contributed by atoms with E-state index in [4.69, 9.17) is 0 Å². The van der Waals surface area contributed by atoms with E-state index >= 15 is 0 Å². The molecule has 0 radical (unpaired) electrons. The normalized spacial score (nSPS) is 10.4. The van der Waals surface area contributed by atoms with Crippen LogP contribution in [0.25, 0.3) is 10.9 Å². The highest BCUT2D eigenvalue weighted by molar-refractivity contribution is 5.98. The summed E-state index contributed by atoms with van der Waals surface area (Å²) in [7, 11) is 0. The van der Waals surface area contributed by atoms with Crippen LogP contribution in [0.5, 0.6) is 0 Å². The number of rotatable bonds is 1. The molecule has 0 aliphatic heterocycles. The fraction of sp³-hybridized carbons (Fsp3) is 0.111. The van der Waals surface area contributed by atoms with Gasteiger partial charge in [0.2, 0.25) is 5.91 Å². The van der Waals surface area contributed by atoms with Gasteiger partial charge < -0.3 is 5.32 Å². The van der Waals surface area contributed by atoms with Crippen molar-refractivity contribution in [2.24, 2.45) is 0 Å². The van der Waals surface area contributed by atoms with Crippen LogP contribution in [0.2, 0.25) is 0 Å². The molecular formula is C9H8FN3O. The molecule has 1 aromatic carbocycles. The quantitative estimate of drug-likeness (QED) is 0.723. The third kappa shape index (κ3) is 1.32. The number of aromatic nitrogens is 2. The first-order valence-electron chi connectivity index (χ1n) is 4.08. The highest BCUT2D eigenvalue weighted by atomic mass is 19.1. The minimum Gasteiger partial charge on any atom is -0.309 e. The molecule has 2 aromatic rings. The maximum Gasteiger partial charge on any atom is 0.222 e. The third-order valence-electron chi connectivity index (χ3n) is 1.83. The molecular weight excluding hydrogens is 185 g/mol. The summed E-state index contributed by atoms with van der Waals surface area (Å²) in [5, 5.41) is 9.18. The number of hydrogen-bond donors (Lipinski definition) is 2. The van der Waals surface area contributed by atoms with E-state index in [0.29, 0.717) is 10.9 Å². The Morgan fingerprint density at radius 1 is 1.57 bits per heavy atom. The summed E-state index contributed by atoms with van der Waals surface area (Å²) >= 11 is 0. The summed E-state index contributed by atoms with van der Waals surface area (Å²) in [6.45, 7) is 1.35. The Bertz CT molecular complexity index is 492. The molecule has 14 heavy (non-hydrogen) atoms. The Morgan fingerprint density at radius 2 is 2.36 bits per heavy atom. The molecule has 4 nitrogen and oxygen atoms in total. The first kappa shape index (κ1) is 8.68. The van der Waals surface area contributed by atoms with Gasteiger partial charge in [0.05, 0.1) is 10.9 Å². The highest BCUT2D eigenvalue weighted by Crippen LogP contribution is 2.22. The highest BCUT2D eigenvalue weighted by Gasteiger charge is 2.10. The molecule has 0 aliphatic rings. The number of amides is 1. The topological polar surface area (TPSA) is 57.8 Å². The van der Waals surface area contributed by atoms with Crippen molar-refractivity contribution in [2.75, 3.05) is 5.32 Å². The van der Waals surface area contributed by atoms with Crippen molar-refractivity contribution in [3.63, 3.8) is 0 Å². The molecule has 0 bridgehead atoms. The molecule has 2 N–H and O–H groups in total. The Hall–Kier alpha value is -1.91. The summed E-state index contributed by atoms with van der Waals surface area (Å²) in [5.74, 6) is -0.452. The lowest BCUT2D eigenvalue weighted by atomic mass is 10.2. The van der Waals surface area contributed by atoms with Crippen molar-refractivity contribution >= 4 is 22.6 Å². The van der Waals surface area contributed by atoms with Gasteiger partial charge >= 0.3 is 0 Å². The first-order chi connectivity index (χ1) is 6.68. The van der Waals surface area contributed by atoms with Crippen LogP contribution in [0.3, 0.4) is 0 Å². The van der Waals surface area contributed by atoms with Crippen LogP contribution in [0, 0.1) is 5.82 Å². The number of carbonyl (C=O) groups is 1. The zero-order valence-corrected chi connectivity index (χ0v) is 7.47. The average molecular weight is 193 g/mol. The van der Waals surface area contributed by atoms with Crippen LogP contribution in [0.4, 0.5) is 10.2 Å². The molecule has 0 aliphatic carbocycles. The molecule has 1 aromatic heterocycles. The molecule has 2 rings (SSSR count). The summed E-state index contributed by atoms with van der Waals surface area (Å²) in [6, 6.07) is 4.59. The summed E-state index contributed by atoms with van der Waals surface area (Å²) in [5.41, 5.74) is 0.564. The predicted molar refractivity (Wildman–Crippen MR) is 50.4 cm³/mol. The number of nitrogens with one attached hydrogen (secondary N) is 2. The van der Waals surface area contributed by atoms with Gasteiger partial charge in [0, 0.05) is 6.92 Å². The summed E-state index contributed by atoms with van der Waals surface area (Å²) in [4.78, 5) is 10.8. The number of nitrogens with zero attached hydrogens (tertiary/aromatic N) is 1. The van der Waals surface area contributed by atoms with Gasteiger partial charge in [0.1, 0.15) is 5.82 Å². The Labute approximate surface area is 79.1 Å². The van der Waals surface area contributed by atoms with Crippen LogP contribution in [0.15, 0.2) is 18.2 Å². The van der Waals surface area contributed by atoms with E-state index in [9.17, 15) is 9.18 Å². The summed E-state index contributed by atoms with van der Waals surface area (Å²) in [6.07, 6.45) is 0. The minimum absolute atomic E-state index is 0.227. The second-order valence-electron chi connectivity index (χ2n) is 2.92. The molecule has 0 atom stereocenters. The van der Waals surface area contributed by atoms with Gasteiger partial charge in [-0.3, -0.25) is 9.89 Å². The lowest BCUT2D eigenvalue weighted by Crippen LogP contribution is -2.06. The molecule has 1 amide bonds. The SMILES string of the molecule is CC(=O)Nc1n[nH]c2cccc(F)c12. The second kappa shape index (κ2) is 3.10. The zero-order chi connectivity index (χ0) is 10.1. The summed E-state index contributed by atoms with van der Waals surface area (Å²) < 4.78 is 13.3. The lowest BCUT2D eigenvalue weighted by molar-refractivity contribution is -0.114. The fourth-order valence-electron chi connectivity index (χ4n) is 1.29. The van der Waals surface area contributed by atoms with Crippen molar-refractivity contribution in [1.29, 1.82) is 0 Å². The van der Waals surface area contributed by atoms with Crippen molar-refractivity contribution in [1.82, 2.24) is 10.2 Å². The first-order valence-corrected chi connectivity index (χ1v) is 4.08. The molecule has 1 heterocycles. The van der Waals surface area contributed by atoms with Crippen molar-refractivity contribution in [3.05, 3.63) is 24.0 Å². The van der Waals surface area contributed by atoms with E-state index in [-0.39, 0.29) is 11.7 Å². The number of benzene rings is 1. The van der Waals surface area contributed by atoms with Crippen LogP contribution in [0.1, 0.15) is 6.92 Å². The standard InChI is InChI=1S/C9H8FN3O/c1-5(14)11-9-8-6(10)3-2-4-7(8)12-13-9/h2-4H,1H3,(H2,11,12,13,14). The number of aromatic amines is 1. The van der Waals surface area contributed by atoms with Crippen LogP contribution in [-0.2, 0) is 4.79 Å². The molecule has 72 valence electrons. The van der Waals surface area contributed by atoms with Crippen LogP contribution in [-0.4, -0.2) is 16.1 Å². The number of halogens is 1. The van der Waals surface area contributed by atoms with Gasteiger partial charge in [-0.15, -0.1) is 0 Å². The minimum atomic E-state index is -0.403. The van der Waals surface area contributed by atoms with Crippen molar-refractivity contribution < 1.29 is 9.18 Å². The molecule has 0 spiro atoms. The number of carbonyl (C=O) groups excluding carboxylic acids is 1. The maximum atomic E-state index is 13.3. The molecule has 0 fully saturated rings. The third-order valence-corrected chi connectivity index (χ3v) is 1.83. The molecule has 0 unspecified atom stereocenters. The second-order valence-corrected chi connectivity index (χ2v) is 2.92. The molecule has 5 heteroatoms. The van der Waals surface area contributed by atoms with Gasteiger partial charge in [-0.25, -0.2) is 4.39 Å². The Morgan fingerprint density at radius 3 is 3.07 bits per heavy atom. The van der Waals surface area contributed by atoms with Gasteiger partial charge in [-0.05, 0) is 12.1 Å². The van der Waals surface area contributed by atoms with Crippen molar-refractivity contribution in [3.8, 4) is 0 Å². The Balaban J connectivity index is 2.61. The maximum absolute atomic E-state index is 13.3. The largest absolute Gasteiger partial charge is 0.309 e. The van der Waals surface area contributed by atoms with Crippen molar-refractivity contribution in [2.45, 2.75) is 6.92 Å². The Kier molecular flexibility index (Phi) is 1.92. The zero-order valence-electron chi connectivity index (χ0n) is 7.47. The monoisotopic (exact) mass is 193 g/mol. The predicted octanol–water partition coefficient (Wildman–Crippen LogP) is 1.66. The van der Waals surface area contributed by atoms with Gasteiger partial charge in [-0.1, -0.05) is 6.07 Å². The average Bonchev–Trinajstić information content (AvgIpc) is 2.49. The van der Waals surface area contributed by atoms with E-state index < -0.39 is 5.82 Å². The number of anilines is 1. The van der Waals surface area contributed by atoms with Gasteiger partial charge in [-0.2, -0.15) is 5.10 Å². The van der Waals surface area contributed by atoms with E-state index in [1.807, 2.05) is 0 Å². The number of fused-ring (bicyclic) bond motifs is 1. The van der Waals surface area contributed by atoms with Gasteiger partial charge in [0.15, 0.2) is 5.82 Å². The number of H-pyrrole nitrogens is 1.